The van der Waals surface area contributed by atoms with E-state index in [4.69, 9.17) is 10.2 Å². The third-order valence-corrected chi connectivity index (χ3v) is 4.33. The topological polar surface area (TPSA) is 45.6 Å². The minimum Gasteiger partial charge on any atom is -0.459 e. The van der Waals surface area contributed by atoms with E-state index in [0.717, 1.165) is 31.0 Å². The highest BCUT2D eigenvalue weighted by Gasteiger charge is 2.25. The number of nitrogens with zero attached hydrogens (tertiary/aromatic N) is 2. The number of fused-ring (bicyclic) bond motifs is 1. The van der Waals surface area contributed by atoms with Crippen LogP contribution in [0.15, 0.2) is 28.7 Å². The van der Waals surface area contributed by atoms with Crippen molar-refractivity contribution >= 4 is 11.0 Å². The first-order valence-electron chi connectivity index (χ1n) is 7.27. The molecule has 1 saturated heterocycles. The summed E-state index contributed by atoms with van der Waals surface area (Å²) >= 11 is 0. The zero-order valence-corrected chi connectivity index (χ0v) is 12.3. The van der Waals surface area contributed by atoms with E-state index in [2.05, 4.69) is 36.0 Å². The van der Waals surface area contributed by atoms with Crippen LogP contribution in [0.3, 0.4) is 0 Å². The molecule has 2 aromatic rings. The molecular weight excluding hydrogens is 250 g/mol. The summed E-state index contributed by atoms with van der Waals surface area (Å²) < 4.78 is 5.87. The number of rotatable bonds is 4. The number of hydrogen-bond acceptors (Lipinski definition) is 4. The van der Waals surface area contributed by atoms with Crippen molar-refractivity contribution in [3.63, 3.8) is 0 Å². The molecule has 1 fully saturated rings. The zero-order valence-electron chi connectivity index (χ0n) is 12.3. The normalized spacial score (nSPS) is 20.3. The van der Waals surface area contributed by atoms with Crippen molar-refractivity contribution < 1.29 is 4.42 Å². The molecule has 2 N–H and O–H groups in total. The molecule has 0 saturated carbocycles. The van der Waals surface area contributed by atoms with Gasteiger partial charge in [0, 0.05) is 36.6 Å². The molecule has 1 atom stereocenters. The Balaban J connectivity index is 1.84. The lowest BCUT2D eigenvalue weighted by atomic mass is 10.1. The lowest BCUT2D eigenvalue weighted by Crippen LogP contribution is -2.31. The molecule has 1 aromatic heterocycles. The van der Waals surface area contributed by atoms with Crippen molar-refractivity contribution in [1.82, 2.24) is 9.80 Å². The molecule has 108 valence electrons. The van der Waals surface area contributed by atoms with Crippen LogP contribution >= 0.6 is 0 Å². The van der Waals surface area contributed by atoms with Crippen LogP contribution in [0.5, 0.6) is 0 Å². The molecule has 0 amide bonds. The Kier molecular flexibility index (Phi) is 3.78. The third-order valence-electron chi connectivity index (χ3n) is 4.33. The summed E-state index contributed by atoms with van der Waals surface area (Å²) in [6.45, 7) is 3.67. The summed E-state index contributed by atoms with van der Waals surface area (Å²) in [6, 6.07) is 8.88. The quantitative estimate of drug-likeness (QED) is 0.926. The van der Waals surface area contributed by atoms with E-state index in [-0.39, 0.29) is 0 Å². The first-order valence-corrected chi connectivity index (χ1v) is 7.27. The number of likely N-dealkylation sites (tertiary alicyclic amines) is 1. The van der Waals surface area contributed by atoms with Crippen LogP contribution in [0.25, 0.3) is 11.0 Å². The number of nitrogens with two attached hydrogens (primary N) is 1. The van der Waals surface area contributed by atoms with Crippen LogP contribution in [0, 0.1) is 0 Å². The molecule has 4 nitrogen and oxygen atoms in total. The van der Waals surface area contributed by atoms with Gasteiger partial charge in [0.1, 0.15) is 11.3 Å². The highest BCUT2D eigenvalue weighted by molar-refractivity contribution is 5.82. The van der Waals surface area contributed by atoms with Gasteiger partial charge in [-0.3, -0.25) is 4.90 Å². The van der Waals surface area contributed by atoms with E-state index in [9.17, 15) is 0 Å². The Bertz CT molecular complexity index is 590. The Labute approximate surface area is 120 Å². The molecule has 1 unspecified atom stereocenters. The van der Waals surface area contributed by atoms with E-state index < -0.39 is 0 Å². The van der Waals surface area contributed by atoms with E-state index in [1.54, 1.807) is 0 Å². The molecule has 3 rings (SSSR count). The molecular formula is C16H23N3O. The van der Waals surface area contributed by atoms with Crippen LogP contribution in [0.4, 0.5) is 0 Å². The van der Waals surface area contributed by atoms with Crippen molar-refractivity contribution in [2.24, 2.45) is 5.73 Å². The van der Waals surface area contributed by atoms with Crippen LogP contribution in [-0.2, 0) is 13.1 Å². The summed E-state index contributed by atoms with van der Waals surface area (Å²) in [4.78, 5) is 4.82. The number of likely N-dealkylation sites (N-methyl/N-ethyl adjacent to an activating group) is 1. The molecule has 2 heterocycles. The maximum Gasteiger partial charge on any atom is 0.134 e. The van der Waals surface area contributed by atoms with E-state index in [1.165, 1.54) is 17.4 Å². The summed E-state index contributed by atoms with van der Waals surface area (Å²) in [5, 5.41) is 1.21. The lowest BCUT2D eigenvalue weighted by Gasteiger charge is -2.20. The first-order chi connectivity index (χ1) is 9.69. The van der Waals surface area contributed by atoms with Crippen molar-refractivity contribution in [3.8, 4) is 0 Å². The maximum absolute atomic E-state index is 5.87. The summed E-state index contributed by atoms with van der Waals surface area (Å²) in [5.74, 6) is 0.930. The fourth-order valence-electron chi connectivity index (χ4n) is 3.09. The third kappa shape index (κ3) is 2.46. The lowest BCUT2D eigenvalue weighted by molar-refractivity contribution is 0.264. The fourth-order valence-corrected chi connectivity index (χ4v) is 3.09. The molecule has 0 bridgehead atoms. The molecule has 1 aromatic carbocycles. The Hall–Kier alpha value is -1.36. The average molecular weight is 273 g/mol. The van der Waals surface area contributed by atoms with Crippen LogP contribution < -0.4 is 5.73 Å². The van der Waals surface area contributed by atoms with Gasteiger partial charge >= 0.3 is 0 Å². The Morgan fingerprint density at radius 2 is 2.15 bits per heavy atom. The minimum absolute atomic E-state index is 0.467. The summed E-state index contributed by atoms with van der Waals surface area (Å²) in [5.41, 5.74) is 8.06. The van der Waals surface area contributed by atoms with Gasteiger partial charge in [0.15, 0.2) is 0 Å². The predicted octanol–water partition coefficient (Wildman–Crippen LogP) is 2.03. The van der Waals surface area contributed by atoms with E-state index >= 15 is 0 Å². The summed E-state index contributed by atoms with van der Waals surface area (Å²) in [7, 11) is 4.32. The zero-order chi connectivity index (χ0) is 14.1. The number of hydrogen-bond donors (Lipinski definition) is 1. The maximum atomic E-state index is 5.87. The average Bonchev–Trinajstić information content (AvgIpc) is 3.04. The van der Waals surface area contributed by atoms with Gasteiger partial charge in [-0.2, -0.15) is 0 Å². The molecule has 0 radical (unpaired) electrons. The minimum atomic E-state index is 0.467. The van der Waals surface area contributed by atoms with Crippen molar-refractivity contribution in [2.75, 3.05) is 27.2 Å². The Morgan fingerprint density at radius 1 is 1.35 bits per heavy atom. The van der Waals surface area contributed by atoms with Crippen LogP contribution in [-0.4, -0.2) is 43.0 Å². The molecule has 0 spiro atoms. The second kappa shape index (κ2) is 5.56. The smallest absolute Gasteiger partial charge is 0.134 e. The van der Waals surface area contributed by atoms with E-state index in [0.29, 0.717) is 12.6 Å². The van der Waals surface area contributed by atoms with Gasteiger partial charge in [-0.05, 0) is 26.6 Å². The monoisotopic (exact) mass is 273 g/mol. The molecule has 0 aliphatic carbocycles. The van der Waals surface area contributed by atoms with Crippen molar-refractivity contribution in [1.29, 1.82) is 0 Å². The molecule has 1 aliphatic heterocycles. The van der Waals surface area contributed by atoms with Gasteiger partial charge in [0.05, 0.1) is 6.54 Å². The van der Waals surface area contributed by atoms with Crippen LogP contribution in [0.1, 0.15) is 17.7 Å². The van der Waals surface area contributed by atoms with Crippen molar-refractivity contribution in [3.05, 3.63) is 35.6 Å². The van der Waals surface area contributed by atoms with Gasteiger partial charge in [-0.1, -0.05) is 18.2 Å². The van der Waals surface area contributed by atoms with Crippen LogP contribution in [0.2, 0.25) is 0 Å². The highest BCUT2D eigenvalue weighted by Crippen LogP contribution is 2.28. The largest absolute Gasteiger partial charge is 0.459 e. The highest BCUT2D eigenvalue weighted by atomic mass is 16.3. The SMILES string of the molecule is CN(C)C1CCN(Cc2c(CN)oc3ccccc23)C1. The number of furan rings is 1. The first kappa shape index (κ1) is 13.6. The van der Waals surface area contributed by atoms with Gasteiger partial charge < -0.3 is 15.1 Å². The molecule has 1 aliphatic rings. The summed E-state index contributed by atoms with van der Waals surface area (Å²) in [6.07, 6.45) is 1.24. The second-order valence-electron chi connectivity index (χ2n) is 5.85. The van der Waals surface area contributed by atoms with Gasteiger partial charge in [-0.25, -0.2) is 0 Å². The standard InChI is InChI=1S/C16H23N3O/c1-18(2)12-7-8-19(10-12)11-14-13-5-3-4-6-15(13)20-16(14)9-17/h3-6,12H,7-11,17H2,1-2H3. The van der Waals surface area contributed by atoms with Crippen molar-refractivity contribution in [2.45, 2.75) is 25.6 Å². The van der Waals surface area contributed by atoms with Gasteiger partial charge in [-0.15, -0.1) is 0 Å². The predicted molar refractivity (Wildman–Crippen MR) is 81.5 cm³/mol. The molecule has 20 heavy (non-hydrogen) atoms. The molecule has 4 heteroatoms. The second-order valence-corrected chi connectivity index (χ2v) is 5.85. The van der Waals surface area contributed by atoms with Gasteiger partial charge in [0.25, 0.3) is 0 Å². The van der Waals surface area contributed by atoms with Gasteiger partial charge in [0.2, 0.25) is 0 Å². The Morgan fingerprint density at radius 3 is 2.85 bits per heavy atom. The number of benzene rings is 1. The number of para-hydroxylation sites is 1. The fraction of sp³-hybridized carbons (Fsp3) is 0.500. The van der Waals surface area contributed by atoms with E-state index in [1.807, 2.05) is 12.1 Å².